The lowest BCUT2D eigenvalue weighted by Crippen LogP contribution is -2.09. The molecule has 0 bridgehead atoms. The highest BCUT2D eigenvalue weighted by molar-refractivity contribution is 5.83. The van der Waals surface area contributed by atoms with E-state index in [-0.39, 0.29) is 5.75 Å². The first kappa shape index (κ1) is 16.0. The van der Waals surface area contributed by atoms with Gasteiger partial charge in [-0.1, -0.05) is 72.8 Å². The monoisotopic (exact) mass is 317 g/mol. The number of aliphatic imine (C=N–C) groups is 1. The highest BCUT2D eigenvalue weighted by atomic mass is 16.3. The van der Waals surface area contributed by atoms with Gasteiger partial charge in [0.05, 0.1) is 0 Å². The first-order chi connectivity index (χ1) is 11.8. The molecule has 0 spiro atoms. The average molecular weight is 317 g/mol. The summed E-state index contributed by atoms with van der Waals surface area (Å²) < 4.78 is 0. The van der Waals surface area contributed by atoms with Crippen molar-refractivity contribution in [2.45, 2.75) is 12.1 Å². The van der Waals surface area contributed by atoms with Gasteiger partial charge in [0.1, 0.15) is 17.9 Å². The Bertz CT molecular complexity index is 800. The summed E-state index contributed by atoms with van der Waals surface area (Å²) in [7, 11) is 0. The Labute approximate surface area is 141 Å². The Kier molecular flexibility index (Phi) is 5.04. The van der Waals surface area contributed by atoms with Gasteiger partial charge in [-0.3, -0.25) is 4.99 Å². The molecule has 0 aliphatic carbocycles. The molecule has 3 aromatic rings. The minimum absolute atomic E-state index is 0.169. The van der Waals surface area contributed by atoms with Crippen molar-refractivity contribution in [2.75, 3.05) is 0 Å². The van der Waals surface area contributed by atoms with Gasteiger partial charge >= 0.3 is 0 Å². The van der Waals surface area contributed by atoms with Crippen molar-refractivity contribution in [3.05, 3.63) is 102 Å². The molecule has 2 atom stereocenters. The number of para-hydroxylation sites is 1. The predicted octanol–water partition coefficient (Wildman–Crippen LogP) is 4.29. The Morgan fingerprint density at radius 1 is 0.708 bits per heavy atom. The van der Waals surface area contributed by atoms with E-state index in [2.05, 4.69) is 4.99 Å². The van der Waals surface area contributed by atoms with Crippen LogP contribution in [0.15, 0.2) is 89.9 Å². The molecule has 2 N–H and O–H groups in total. The summed E-state index contributed by atoms with van der Waals surface area (Å²) in [5.74, 6) is 0.169. The summed E-state index contributed by atoms with van der Waals surface area (Å²) in [4.78, 5) is 4.57. The quantitative estimate of drug-likeness (QED) is 0.690. The van der Waals surface area contributed by atoms with Gasteiger partial charge in [-0.15, -0.1) is 0 Å². The number of nitrogens with zero attached hydrogens (tertiary/aromatic N) is 1. The van der Waals surface area contributed by atoms with Crippen LogP contribution in [0.5, 0.6) is 5.75 Å². The summed E-state index contributed by atoms with van der Waals surface area (Å²) in [5, 5.41) is 20.7. The molecule has 0 aliphatic heterocycles. The fraction of sp³-hybridized carbons (Fsp3) is 0.0952. The van der Waals surface area contributed by atoms with Crippen LogP contribution in [-0.2, 0) is 0 Å². The van der Waals surface area contributed by atoms with E-state index in [1.807, 2.05) is 66.7 Å². The molecule has 0 fully saturated rings. The van der Waals surface area contributed by atoms with Crippen molar-refractivity contribution in [2.24, 2.45) is 4.99 Å². The second-order valence-corrected chi connectivity index (χ2v) is 5.55. The zero-order valence-corrected chi connectivity index (χ0v) is 13.2. The number of aromatic hydroxyl groups is 1. The fourth-order valence-corrected chi connectivity index (χ4v) is 2.59. The molecule has 0 aliphatic rings. The van der Waals surface area contributed by atoms with Crippen molar-refractivity contribution >= 4 is 6.21 Å². The molecular weight excluding hydrogens is 298 g/mol. The molecule has 0 radical (unpaired) electrons. The summed E-state index contributed by atoms with van der Waals surface area (Å²) in [6.07, 6.45) is 0.842. The molecular formula is C21H19NO2. The lowest BCUT2D eigenvalue weighted by atomic mass is 9.96. The Morgan fingerprint density at radius 3 is 1.88 bits per heavy atom. The Hall–Kier alpha value is -2.91. The van der Waals surface area contributed by atoms with Crippen molar-refractivity contribution < 1.29 is 10.2 Å². The van der Waals surface area contributed by atoms with Crippen LogP contribution in [0.3, 0.4) is 0 Å². The van der Waals surface area contributed by atoms with Crippen molar-refractivity contribution in [3.8, 4) is 5.75 Å². The van der Waals surface area contributed by atoms with Crippen LogP contribution in [0, 0.1) is 0 Å². The number of benzene rings is 3. The highest BCUT2D eigenvalue weighted by Gasteiger charge is 2.21. The van der Waals surface area contributed by atoms with Crippen LogP contribution in [-0.4, -0.2) is 16.4 Å². The van der Waals surface area contributed by atoms with Crippen molar-refractivity contribution in [3.63, 3.8) is 0 Å². The summed E-state index contributed by atoms with van der Waals surface area (Å²) >= 11 is 0. The van der Waals surface area contributed by atoms with Gasteiger partial charge in [0, 0.05) is 11.8 Å². The Balaban J connectivity index is 1.95. The number of phenolic OH excluding ortho intramolecular Hbond substituents is 1. The molecule has 0 aromatic heterocycles. The molecule has 3 heteroatoms. The van der Waals surface area contributed by atoms with E-state index >= 15 is 0 Å². The predicted molar refractivity (Wildman–Crippen MR) is 96.3 cm³/mol. The summed E-state index contributed by atoms with van der Waals surface area (Å²) in [6, 6.07) is 25.7. The van der Waals surface area contributed by atoms with E-state index in [9.17, 15) is 10.2 Å². The maximum atomic E-state index is 10.8. The van der Waals surface area contributed by atoms with Gasteiger partial charge in [0.15, 0.2) is 0 Å². The van der Waals surface area contributed by atoms with Crippen molar-refractivity contribution in [1.29, 1.82) is 0 Å². The lowest BCUT2D eigenvalue weighted by Gasteiger charge is -2.20. The normalized spacial score (nSPS) is 13.7. The van der Waals surface area contributed by atoms with Gasteiger partial charge in [0.25, 0.3) is 0 Å². The molecule has 0 unspecified atom stereocenters. The van der Waals surface area contributed by atoms with E-state index in [0.29, 0.717) is 5.56 Å². The fourth-order valence-electron chi connectivity index (χ4n) is 2.59. The average Bonchev–Trinajstić information content (AvgIpc) is 2.65. The first-order valence-corrected chi connectivity index (χ1v) is 7.85. The third-order valence-electron chi connectivity index (χ3n) is 3.89. The summed E-state index contributed by atoms with van der Waals surface area (Å²) in [6.45, 7) is 0. The Morgan fingerprint density at radius 2 is 1.25 bits per heavy atom. The zero-order chi connectivity index (χ0) is 16.8. The SMILES string of the molecule is Oc1ccccc1C=N[C@@H](c1ccccc1)[C@H](O)c1ccccc1. The second-order valence-electron chi connectivity index (χ2n) is 5.55. The molecule has 3 nitrogen and oxygen atoms in total. The molecule has 0 heterocycles. The van der Waals surface area contributed by atoms with Gasteiger partial charge < -0.3 is 10.2 Å². The van der Waals surface area contributed by atoms with Gasteiger partial charge in [-0.25, -0.2) is 0 Å². The number of phenols is 1. The maximum absolute atomic E-state index is 10.8. The van der Waals surface area contributed by atoms with Crippen molar-refractivity contribution in [1.82, 2.24) is 0 Å². The second kappa shape index (κ2) is 7.57. The smallest absolute Gasteiger partial charge is 0.124 e. The third-order valence-corrected chi connectivity index (χ3v) is 3.89. The van der Waals surface area contributed by atoms with E-state index in [0.717, 1.165) is 11.1 Å². The number of hydrogen-bond donors (Lipinski definition) is 2. The van der Waals surface area contributed by atoms with E-state index < -0.39 is 12.1 Å². The zero-order valence-electron chi connectivity index (χ0n) is 13.2. The minimum Gasteiger partial charge on any atom is -0.507 e. The molecule has 0 amide bonds. The lowest BCUT2D eigenvalue weighted by molar-refractivity contribution is 0.148. The molecule has 24 heavy (non-hydrogen) atoms. The number of aliphatic hydroxyl groups excluding tert-OH is 1. The van der Waals surface area contributed by atoms with Crippen LogP contribution < -0.4 is 0 Å². The summed E-state index contributed by atoms with van der Waals surface area (Å²) in [5.41, 5.74) is 2.35. The molecule has 3 aromatic carbocycles. The topological polar surface area (TPSA) is 52.8 Å². The highest BCUT2D eigenvalue weighted by Crippen LogP contribution is 2.32. The third kappa shape index (κ3) is 3.70. The minimum atomic E-state index is -0.768. The van der Waals surface area contributed by atoms with Gasteiger partial charge in [-0.05, 0) is 23.3 Å². The standard InChI is InChI=1S/C21H19NO2/c23-19-14-8-7-13-18(19)15-22-20(16-9-3-1-4-10-16)21(24)17-11-5-2-6-12-17/h1-15,20-21,23-24H/t20-,21+/m0/s1. The first-order valence-electron chi connectivity index (χ1n) is 7.85. The van der Waals surface area contributed by atoms with Gasteiger partial charge in [-0.2, -0.15) is 0 Å². The maximum Gasteiger partial charge on any atom is 0.124 e. The number of aliphatic hydroxyl groups is 1. The largest absolute Gasteiger partial charge is 0.507 e. The van der Waals surface area contributed by atoms with E-state index in [1.54, 1.807) is 24.4 Å². The van der Waals surface area contributed by atoms with Crippen LogP contribution >= 0.6 is 0 Å². The van der Waals surface area contributed by atoms with E-state index in [1.165, 1.54) is 0 Å². The number of hydrogen-bond acceptors (Lipinski definition) is 3. The molecule has 120 valence electrons. The van der Waals surface area contributed by atoms with Crippen LogP contribution in [0.1, 0.15) is 28.8 Å². The molecule has 0 saturated heterocycles. The van der Waals surface area contributed by atoms with Crippen LogP contribution in [0.25, 0.3) is 0 Å². The van der Waals surface area contributed by atoms with E-state index in [4.69, 9.17) is 0 Å². The molecule has 3 rings (SSSR count). The van der Waals surface area contributed by atoms with Crippen LogP contribution in [0.2, 0.25) is 0 Å². The van der Waals surface area contributed by atoms with Gasteiger partial charge in [0.2, 0.25) is 0 Å². The number of rotatable bonds is 5. The van der Waals surface area contributed by atoms with Crippen LogP contribution in [0.4, 0.5) is 0 Å². The molecule has 0 saturated carbocycles.